The van der Waals surface area contributed by atoms with Crippen molar-refractivity contribution in [3.63, 3.8) is 0 Å². The molecule has 5 heteroatoms. The van der Waals surface area contributed by atoms with Gasteiger partial charge in [-0.1, -0.05) is 6.92 Å². The fraction of sp³-hybridized carbons (Fsp3) is 0.467. The van der Waals surface area contributed by atoms with Crippen molar-refractivity contribution in [3.8, 4) is 0 Å². The van der Waals surface area contributed by atoms with E-state index in [0.717, 1.165) is 29.8 Å². The summed E-state index contributed by atoms with van der Waals surface area (Å²) in [6.45, 7) is 5.14. The topological polar surface area (TPSA) is 58.4 Å². The van der Waals surface area contributed by atoms with E-state index in [2.05, 4.69) is 28.3 Å². The fourth-order valence-electron chi connectivity index (χ4n) is 2.63. The maximum atomic E-state index is 11.0. The summed E-state index contributed by atoms with van der Waals surface area (Å²) in [4.78, 5) is 17.8. The van der Waals surface area contributed by atoms with Gasteiger partial charge in [-0.2, -0.15) is 0 Å². The molecule has 20 heavy (non-hydrogen) atoms. The van der Waals surface area contributed by atoms with E-state index in [1.54, 1.807) is 12.1 Å². The van der Waals surface area contributed by atoms with Gasteiger partial charge in [-0.3, -0.25) is 0 Å². The normalized spacial score (nSPS) is 13.1. The van der Waals surface area contributed by atoms with Crippen LogP contribution in [0.25, 0.3) is 11.0 Å². The number of rotatable bonds is 5. The first-order chi connectivity index (χ1) is 9.43. The van der Waals surface area contributed by atoms with Gasteiger partial charge in [0.15, 0.2) is 0 Å². The lowest BCUT2D eigenvalue weighted by Gasteiger charge is -2.21. The van der Waals surface area contributed by atoms with Crippen molar-refractivity contribution in [2.24, 2.45) is 0 Å². The van der Waals surface area contributed by atoms with Crippen LogP contribution < -0.4 is 0 Å². The summed E-state index contributed by atoms with van der Waals surface area (Å²) >= 11 is 0. The second-order valence-electron chi connectivity index (χ2n) is 5.37. The smallest absolute Gasteiger partial charge is 0.335 e. The van der Waals surface area contributed by atoms with Crippen molar-refractivity contribution in [1.82, 2.24) is 14.5 Å². The van der Waals surface area contributed by atoms with Crippen LogP contribution in [0, 0.1) is 0 Å². The van der Waals surface area contributed by atoms with E-state index >= 15 is 0 Å². The van der Waals surface area contributed by atoms with Gasteiger partial charge in [0.1, 0.15) is 5.82 Å². The van der Waals surface area contributed by atoms with Crippen molar-refractivity contribution in [2.75, 3.05) is 20.6 Å². The summed E-state index contributed by atoms with van der Waals surface area (Å²) in [5.41, 5.74) is 2.04. The van der Waals surface area contributed by atoms with Crippen LogP contribution in [0.1, 0.15) is 36.1 Å². The third kappa shape index (κ3) is 2.67. The molecule has 0 spiro atoms. The molecule has 0 radical (unpaired) electrons. The Labute approximate surface area is 118 Å². The van der Waals surface area contributed by atoms with Crippen LogP contribution in [0.15, 0.2) is 18.2 Å². The monoisotopic (exact) mass is 275 g/mol. The minimum atomic E-state index is -0.916. The predicted octanol–water partition coefficient (Wildman–Crippen LogP) is 2.42. The first-order valence-corrected chi connectivity index (χ1v) is 6.83. The molecule has 1 heterocycles. The highest BCUT2D eigenvalue weighted by molar-refractivity contribution is 5.92. The van der Waals surface area contributed by atoms with Crippen LogP contribution in [-0.2, 0) is 6.42 Å². The number of carboxylic acid groups (broad SMARTS) is 1. The zero-order chi connectivity index (χ0) is 14.9. The maximum Gasteiger partial charge on any atom is 0.335 e. The van der Waals surface area contributed by atoms with E-state index in [1.165, 1.54) is 0 Å². The van der Waals surface area contributed by atoms with E-state index in [9.17, 15) is 4.79 Å². The minimum absolute atomic E-state index is 0.282. The van der Waals surface area contributed by atoms with Gasteiger partial charge in [-0.25, -0.2) is 9.78 Å². The van der Waals surface area contributed by atoms with Crippen molar-refractivity contribution in [1.29, 1.82) is 0 Å². The largest absolute Gasteiger partial charge is 0.478 e. The second kappa shape index (κ2) is 5.63. The zero-order valence-electron chi connectivity index (χ0n) is 12.4. The average Bonchev–Trinajstić information content (AvgIpc) is 2.74. The fourth-order valence-corrected chi connectivity index (χ4v) is 2.63. The number of likely N-dealkylation sites (N-methyl/N-ethyl adjacent to an activating group) is 1. The molecular weight excluding hydrogens is 254 g/mol. The molecule has 2 rings (SSSR count). The number of hydrogen-bond donors (Lipinski definition) is 1. The number of aromatic carboxylic acids is 1. The van der Waals surface area contributed by atoms with Crippen LogP contribution in [0.4, 0.5) is 0 Å². The number of carbonyl (C=O) groups is 1. The summed E-state index contributed by atoms with van der Waals surface area (Å²) in [5.74, 6) is 0.0812. The number of imidazole rings is 1. The average molecular weight is 275 g/mol. The van der Waals surface area contributed by atoms with Crippen molar-refractivity contribution >= 4 is 17.0 Å². The van der Waals surface area contributed by atoms with E-state index < -0.39 is 5.97 Å². The van der Waals surface area contributed by atoms with E-state index in [0.29, 0.717) is 6.04 Å². The quantitative estimate of drug-likeness (QED) is 0.910. The Balaban J connectivity index is 2.55. The van der Waals surface area contributed by atoms with Gasteiger partial charge >= 0.3 is 5.97 Å². The van der Waals surface area contributed by atoms with Crippen LogP contribution in [0.3, 0.4) is 0 Å². The van der Waals surface area contributed by atoms with Crippen molar-refractivity contribution in [2.45, 2.75) is 26.3 Å². The molecular formula is C15H21N3O2. The lowest BCUT2D eigenvalue weighted by atomic mass is 10.2. The minimum Gasteiger partial charge on any atom is -0.478 e. The summed E-state index contributed by atoms with van der Waals surface area (Å²) in [7, 11) is 4.09. The number of aryl methyl sites for hydroxylation is 1. The Morgan fingerprint density at radius 1 is 1.45 bits per heavy atom. The maximum absolute atomic E-state index is 11.0. The second-order valence-corrected chi connectivity index (χ2v) is 5.37. The zero-order valence-corrected chi connectivity index (χ0v) is 12.4. The molecule has 2 aromatic rings. The number of benzene rings is 1. The Morgan fingerprint density at radius 2 is 2.15 bits per heavy atom. The molecule has 1 aromatic carbocycles. The summed E-state index contributed by atoms with van der Waals surface area (Å²) in [6.07, 6.45) is 0.828. The molecule has 1 atom stereocenters. The molecule has 5 nitrogen and oxygen atoms in total. The molecule has 0 bridgehead atoms. The van der Waals surface area contributed by atoms with Gasteiger partial charge < -0.3 is 14.6 Å². The van der Waals surface area contributed by atoms with Crippen LogP contribution >= 0.6 is 0 Å². The van der Waals surface area contributed by atoms with Gasteiger partial charge in [-0.05, 0) is 39.2 Å². The van der Waals surface area contributed by atoms with Gasteiger partial charge in [0.2, 0.25) is 0 Å². The SMILES string of the molecule is CCc1nc2cc(C(=O)O)ccc2n1C(C)CN(C)C. The number of hydrogen-bond acceptors (Lipinski definition) is 3. The molecule has 0 fully saturated rings. The van der Waals surface area contributed by atoms with Crippen LogP contribution in [-0.4, -0.2) is 46.2 Å². The molecule has 0 saturated heterocycles. The highest BCUT2D eigenvalue weighted by Crippen LogP contribution is 2.23. The highest BCUT2D eigenvalue weighted by atomic mass is 16.4. The molecule has 0 aliphatic rings. The van der Waals surface area contributed by atoms with Gasteiger partial charge in [-0.15, -0.1) is 0 Å². The summed E-state index contributed by atoms with van der Waals surface area (Å²) in [5, 5.41) is 9.06. The van der Waals surface area contributed by atoms with E-state index in [-0.39, 0.29) is 5.56 Å². The first-order valence-electron chi connectivity index (χ1n) is 6.83. The Bertz CT molecular complexity index is 631. The Hall–Kier alpha value is -1.88. The summed E-state index contributed by atoms with van der Waals surface area (Å²) < 4.78 is 2.21. The lowest BCUT2D eigenvalue weighted by Crippen LogP contribution is -2.23. The third-order valence-electron chi connectivity index (χ3n) is 3.40. The van der Waals surface area contributed by atoms with E-state index in [1.807, 2.05) is 20.2 Å². The third-order valence-corrected chi connectivity index (χ3v) is 3.40. The first kappa shape index (κ1) is 14.5. The van der Waals surface area contributed by atoms with Crippen LogP contribution in [0.5, 0.6) is 0 Å². The highest BCUT2D eigenvalue weighted by Gasteiger charge is 2.16. The molecule has 1 aromatic heterocycles. The van der Waals surface area contributed by atoms with Crippen molar-refractivity contribution < 1.29 is 9.90 Å². The number of fused-ring (bicyclic) bond motifs is 1. The molecule has 0 aliphatic heterocycles. The number of carboxylic acids is 1. The van der Waals surface area contributed by atoms with Gasteiger partial charge in [0, 0.05) is 19.0 Å². The Kier molecular flexibility index (Phi) is 4.09. The predicted molar refractivity (Wildman–Crippen MR) is 79.3 cm³/mol. The molecule has 0 aliphatic carbocycles. The molecule has 108 valence electrons. The van der Waals surface area contributed by atoms with Crippen molar-refractivity contribution in [3.05, 3.63) is 29.6 Å². The number of nitrogens with zero attached hydrogens (tertiary/aromatic N) is 3. The molecule has 0 amide bonds. The van der Waals surface area contributed by atoms with E-state index in [4.69, 9.17) is 5.11 Å². The molecule has 1 N–H and O–H groups in total. The standard InChI is InChI=1S/C15H21N3O2/c1-5-14-16-12-8-11(15(19)20)6-7-13(12)18(14)10(2)9-17(3)4/h6-8,10H,5,9H2,1-4H3,(H,19,20). The number of aromatic nitrogens is 2. The van der Waals surface area contributed by atoms with Gasteiger partial charge in [0.05, 0.1) is 16.6 Å². The summed E-state index contributed by atoms with van der Waals surface area (Å²) in [6, 6.07) is 5.44. The van der Waals surface area contributed by atoms with Crippen LogP contribution in [0.2, 0.25) is 0 Å². The molecule has 0 saturated carbocycles. The Morgan fingerprint density at radius 3 is 2.70 bits per heavy atom. The lowest BCUT2D eigenvalue weighted by molar-refractivity contribution is 0.0697. The van der Waals surface area contributed by atoms with Gasteiger partial charge in [0.25, 0.3) is 0 Å². The molecule has 1 unspecified atom stereocenters.